The van der Waals surface area contributed by atoms with E-state index in [1.165, 1.54) is 11.3 Å². The number of amides is 1. The first-order valence-electron chi connectivity index (χ1n) is 11.2. The summed E-state index contributed by atoms with van der Waals surface area (Å²) in [5.74, 6) is -2.07. The topological polar surface area (TPSA) is 72.9 Å². The highest BCUT2D eigenvalue weighted by molar-refractivity contribution is 5.97. The Balaban J connectivity index is 1.45. The van der Waals surface area contributed by atoms with Crippen molar-refractivity contribution in [2.75, 3.05) is 41.3 Å². The zero-order chi connectivity index (χ0) is 21.8. The number of rotatable bonds is 5. The van der Waals surface area contributed by atoms with Gasteiger partial charge in [-0.3, -0.25) is 9.59 Å². The molecule has 164 valence electrons. The van der Waals surface area contributed by atoms with Gasteiger partial charge in [0, 0.05) is 31.9 Å². The summed E-state index contributed by atoms with van der Waals surface area (Å²) in [6, 6.07) is 16.3. The van der Waals surface area contributed by atoms with Crippen molar-refractivity contribution < 1.29 is 14.7 Å². The molecule has 31 heavy (non-hydrogen) atoms. The van der Waals surface area contributed by atoms with E-state index < -0.39 is 17.8 Å². The van der Waals surface area contributed by atoms with Crippen molar-refractivity contribution in [3.8, 4) is 0 Å². The second-order valence-corrected chi connectivity index (χ2v) is 8.60. The largest absolute Gasteiger partial charge is 0.481 e. The number of carbonyl (C=O) groups excluding carboxylic acids is 1. The molecule has 2 aliphatic rings. The minimum absolute atomic E-state index is 0.168. The second kappa shape index (κ2) is 9.41. The number of aryl methyl sites for hydroxylation is 1. The third-order valence-electron chi connectivity index (χ3n) is 6.66. The van der Waals surface area contributed by atoms with Crippen LogP contribution in [0.15, 0.2) is 48.5 Å². The van der Waals surface area contributed by atoms with E-state index in [9.17, 15) is 14.7 Å². The SMILES string of the molecule is Cc1ccccc1N1CCN(c2ccccc2NC(=O)C2CCCCC2C(=O)O)CC1. The highest BCUT2D eigenvalue weighted by Gasteiger charge is 2.36. The van der Waals surface area contributed by atoms with Crippen molar-refractivity contribution >= 4 is 28.9 Å². The maximum absolute atomic E-state index is 13.0. The minimum atomic E-state index is -0.861. The molecule has 2 fully saturated rings. The number of carbonyl (C=O) groups is 2. The lowest BCUT2D eigenvalue weighted by Crippen LogP contribution is -2.47. The van der Waals surface area contributed by atoms with Crippen molar-refractivity contribution in [3.63, 3.8) is 0 Å². The molecule has 1 aliphatic carbocycles. The van der Waals surface area contributed by atoms with E-state index in [0.29, 0.717) is 12.8 Å². The second-order valence-electron chi connectivity index (χ2n) is 8.60. The maximum atomic E-state index is 13.0. The summed E-state index contributed by atoms with van der Waals surface area (Å²) >= 11 is 0. The molecule has 0 bridgehead atoms. The standard InChI is InChI=1S/C25H31N3O3/c1-18-8-2-6-12-22(18)27-14-16-28(17-15-27)23-13-7-5-11-21(23)26-24(29)19-9-3-4-10-20(19)25(30)31/h2,5-8,11-13,19-20H,3-4,9-10,14-17H2,1H3,(H,26,29)(H,30,31). The number of benzene rings is 2. The summed E-state index contributed by atoms with van der Waals surface area (Å²) in [6.07, 6.45) is 3.00. The number of carboxylic acid groups (broad SMARTS) is 1. The van der Waals surface area contributed by atoms with Crippen molar-refractivity contribution in [2.45, 2.75) is 32.6 Å². The van der Waals surface area contributed by atoms with Crippen LogP contribution in [0.3, 0.4) is 0 Å². The Morgan fingerprint density at radius 3 is 2.03 bits per heavy atom. The summed E-state index contributed by atoms with van der Waals surface area (Å²) in [6.45, 7) is 5.70. The number of hydrogen-bond acceptors (Lipinski definition) is 4. The number of nitrogens with one attached hydrogen (secondary N) is 1. The summed E-state index contributed by atoms with van der Waals surface area (Å²) in [5, 5.41) is 12.6. The number of piperazine rings is 1. The highest BCUT2D eigenvalue weighted by Crippen LogP contribution is 2.33. The van der Waals surface area contributed by atoms with Crippen LogP contribution >= 0.6 is 0 Å². The summed E-state index contributed by atoms with van der Waals surface area (Å²) in [5.41, 5.74) is 4.33. The molecule has 6 nitrogen and oxygen atoms in total. The molecule has 2 aromatic rings. The van der Waals surface area contributed by atoms with E-state index in [4.69, 9.17) is 0 Å². The number of aliphatic carboxylic acids is 1. The van der Waals surface area contributed by atoms with Crippen LogP contribution in [0.4, 0.5) is 17.1 Å². The van der Waals surface area contributed by atoms with Gasteiger partial charge < -0.3 is 20.2 Å². The third kappa shape index (κ3) is 4.68. The number of anilines is 3. The van der Waals surface area contributed by atoms with Crippen LogP contribution < -0.4 is 15.1 Å². The lowest BCUT2D eigenvalue weighted by Gasteiger charge is -2.38. The zero-order valence-corrected chi connectivity index (χ0v) is 18.1. The van der Waals surface area contributed by atoms with Crippen molar-refractivity contribution in [1.29, 1.82) is 0 Å². The maximum Gasteiger partial charge on any atom is 0.307 e. The molecular formula is C25H31N3O3. The number of hydrogen-bond donors (Lipinski definition) is 2. The van der Waals surface area contributed by atoms with Gasteiger partial charge in [-0.05, 0) is 43.5 Å². The molecule has 2 unspecified atom stereocenters. The van der Waals surface area contributed by atoms with E-state index >= 15 is 0 Å². The summed E-state index contributed by atoms with van der Waals surface area (Å²) < 4.78 is 0. The van der Waals surface area contributed by atoms with Crippen molar-refractivity contribution in [1.82, 2.24) is 0 Å². The molecule has 1 saturated carbocycles. The average Bonchev–Trinajstić information content (AvgIpc) is 2.80. The molecule has 1 aliphatic heterocycles. The van der Waals surface area contributed by atoms with E-state index in [2.05, 4.69) is 46.3 Å². The fourth-order valence-electron chi connectivity index (χ4n) is 4.93. The van der Waals surface area contributed by atoms with Gasteiger partial charge in [0.25, 0.3) is 0 Å². The molecule has 4 rings (SSSR count). The van der Waals surface area contributed by atoms with Crippen LogP contribution in [-0.2, 0) is 9.59 Å². The molecule has 1 heterocycles. The normalized spacial score (nSPS) is 21.6. The fourth-order valence-corrected chi connectivity index (χ4v) is 4.93. The molecule has 6 heteroatoms. The van der Waals surface area contributed by atoms with E-state index in [1.807, 2.05) is 24.3 Å². The molecular weight excluding hydrogens is 390 g/mol. The molecule has 2 atom stereocenters. The zero-order valence-electron chi connectivity index (χ0n) is 18.1. The monoisotopic (exact) mass is 421 g/mol. The molecule has 2 aromatic carbocycles. The van der Waals surface area contributed by atoms with Gasteiger partial charge >= 0.3 is 5.97 Å². The van der Waals surface area contributed by atoms with Crippen LogP contribution in [0.2, 0.25) is 0 Å². The Hall–Kier alpha value is -3.02. The van der Waals surface area contributed by atoms with Crippen LogP contribution in [-0.4, -0.2) is 43.2 Å². The Morgan fingerprint density at radius 1 is 0.839 bits per heavy atom. The van der Waals surface area contributed by atoms with Gasteiger partial charge in [-0.25, -0.2) is 0 Å². The predicted octanol–water partition coefficient (Wildman–Crippen LogP) is 4.15. The molecule has 0 radical (unpaired) electrons. The molecule has 1 saturated heterocycles. The molecule has 1 amide bonds. The van der Waals surface area contributed by atoms with Gasteiger partial charge in [0.05, 0.1) is 23.2 Å². The first-order valence-corrected chi connectivity index (χ1v) is 11.2. The van der Waals surface area contributed by atoms with Gasteiger partial charge in [-0.15, -0.1) is 0 Å². The Labute approximate surface area is 183 Å². The number of para-hydroxylation sites is 3. The van der Waals surface area contributed by atoms with Gasteiger partial charge in [-0.1, -0.05) is 43.2 Å². The Morgan fingerprint density at radius 2 is 1.39 bits per heavy atom. The first-order chi connectivity index (χ1) is 15.0. The highest BCUT2D eigenvalue weighted by atomic mass is 16.4. The van der Waals surface area contributed by atoms with Crippen molar-refractivity contribution in [2.24, 2.45) is 11.8 Å². The quantitative estimate of drug-likeness (QED) is 0.759. The molecule has 2 N–H and O–H groups in total. The van der Waals surface area contributed by atoms with Gasteiger partial charge in [0.1, 0.15) is 0 Å². The van der Waals surface area contributed by atoms with Crippen LogP contribution in [0, 0.1) is 18.8 Å². The predicted molar refractivity (Wildman–Crippen MR) is 124 cm³/mol. The lowest BCUT2D eigenvalue weighted by molar-refractivity contribution is -0.147. The smallest absolute Gasteiger partial charge is 0.307 e. The lowest BCUT2D eigenvalue weighted by atomic mass is 9.78. The van der Waals surface area contributed by atoms with Crippen molar-refractivity contribution in [3.05, 3.63) is 54.1 Å². The summed E-state index contributed by atoms with van der Waals surface area (Å²) in [4.78, 5) is 29.3. The van der Waals surface area contributed by atoms with E-state index in [-0.39, 0.29) is 5.91 Å². The van der Waals surface area contributed by atoms with Gasteiger partial charge in [0.2, 0.25) is 5.91 Å². The van der Waals surface area contributed by atoms with Crippen LogP contribution in [0.25, 0.3) is 0 Å². The number of nitrogens with zero attached hydrogens (tertiary/aromatic N) is 2. The van der Waals surface area contributed by atoms with E-state index in [1.54, 1.807) is 0 Å². The number of carboxylic acids is 1. The van der Waals surface area contributed by atoms with Crippen LogP contribution in [0.5, 0.6) is 0 Å². The summed E-state index contributed by atoms with van der Waals surface area (Å²) in [7, 11) is 0. The Bertz CT molecular complexity index is 937. The molecule has 0 aromatic heterocycles. The van der Waals surface area contributed by atoms with Gasteiger partial charge in [-0.2, -0.15) is 0 Å². The fraction of sp³-hybridized carbons (Fsp3) is 0.440. The average molecular weight is 422 g/mol. The van der Waals surface area contributed by atoms with Crippen LogP contribution in [0.1, 0.15) is 31.2 Å². The van der Waals surface area contributed by atoms with Gasteiger partial charge in [0.15, 0.2) is 0 Å². The van der Waals surface area contributed by atoms with E-state index in [0.717, 1.165) is 50.4 Å². The molecule has 0 spiro atoms. The minimum Gasteiger partial charge on any atom is -0.481 e. The first kappa shape index (κ1) is 21.2. The third-order valence-corrected chi connectivity index (χ3v) is 6.66. The Kier molecular flexibility index (Phi) is 6.44.